The third-order valence-electron chi connectivity index (χ3n) is 4.55. The molecule has 2 aromatic carbocycles. The molecule has 1 fully saturated rings. The van der Waals surface area contributed by atoms with E-state index in [4.69, 9.17) is 11.6 Å². The van der Waals surface area contributed by atoms with Gasteiger partial charge in [-0.3, -0.25) is 9.59 Å². The van der Waals surface area contributed by atoms with Gasteiger partial charge in [-0.15, -0.1) is 11.8 Å². The lowest BCUT2D eigenvalue weighted by molar-refractivity contribution is -0.137. The zero-order valence-corrected chi connectivity index (χ0v) is 15.2. The topological polar surface area (TPSA) is 49.4 Å². The molecule has 1 unspecified atom stereocenters. The van der Waals surface area contributed by atoms with Gasteiger partial charge in [0.1, 0.15) is 11.4 Å². The maximum Gasteiger partial charge on any atom is 0.416 e. The summed E-state index contributed by atoms with van der Waals surface area (Å²) in [6.45, 7) is 0. The van der Waals surface area contributed by atoms with Crippen molar-refractivity contribution in [3.8, 4) is 0 Å². The van der Waals surface area contributed by atoms with Crippen LogP contribution in [-0.2, 0) is 11.0 Å². The van der Waals surface area contributed by atoms with Crippen molar-refractivity contribution in [3.63, 3.8) is 0 Å². The Morgan fingerprint density at radius 1 is 1.22 bits per heavy atom. The van der Waals surface area contributed by atoms with E-state index in [1.807, 2.05) is 12.1 Å². The molecule has 9 heteroatoms. The SMILES string of the molecule is O=C(Nc1cc(C(F)(F)F)ccc1Cl)[C@@H]1CSC2c3ccccc3C(=O)N21. The van der Waals surface area contributed by atoms with E-state index in [1.165, 1.54) is 16.7 Å². The van der Waals surface area contributed by atoms with Gasteiger partial charge in [0.25, 0.3) is 5.91 Å². The van der Waals surface area contributed by atoms with Crippen molar-refractivity contribution in [2.75, 3.05) is 11.1 Å². The Labute approximate surface area is 161 Å². The summed E-state index contributed by atoms with van der Waals surface area (Å²) in [4.78, 5) is 26.8. The number of amides is 2. The first kappa shape index (κ1) is 18.2. The molecule has 140 valence electrons. The third kappa shape index (κ3) is 3.06. The van der Waals surface area contributed by atoms with Crippen LogP contribution in [0.25, 0.3) is 0 Å². The summed E-state index contributed by atoms with van der Waals surface area (Å²) in [7, 11) is 0. The number of alkyl halides is 3. The van der Waals surface area contributed by atoms with Crippen LogP contribution >= 0.6 is 23.4 Å². The van der Waals surface area contributed by atoms with Gasteiger partial charge in [0.2, 0.25) is 5.91 Å². The third-order valence-corrected chi connectivity index (χ3v) is 6.18. The molecule has 4 rings (SSSR count). The largest absolute Gasteiger partial charge is 0.416 e. The average Bonchev–Trinajstić information content (AvgIpc) is 3.17. The molecule has 4 nitrogen and oxygen atoms in total. The Morgan fingerprint density at radius 3 is 2.70 bits per heavy atom. The maximum atomic E-state index is 12.9. The van der Waals surface area contributed by atoms with Gasteiger partial charge in [0.15, 0.2) is 0 Å². The van der Waals surface area contributed by atoms with Crippen LogP contribution in [0, 0.1) is 0 Å². The van der Waals surface area contributed by atoms with Crippen molar-refractivity contribution in [1.82, 2.24) is 4.90 Å². The summed E-state index contributed by atoms with van der Waals surface area (Å²) in [5, 5.41) is 2.18. The number of nitrogens with one attached hydrogen (secondary N) is 1. The number of halogens is 4. The molecule has 27 heavy (non-hydrogen) atoms. The van der Waals surface area contributed by atoms with E-state index < -0.39 is 23.7 Å². The molecule has 2 aromatic rings. The molecule has 2 amide bonds. The minimum Gasteiger partial charge on any atom is -0.323 e. The van der Waals surface area contributed by atoms with Gasteiger partial charge < -0.3 is 10.2 Å². The van der Waals surface area contributed by atoms with Crippen LogP contribution in [0.15, 0.2) is 42.5 Å². The number of thioether (sulfide) groups is 1. The van der Waals surface area contributed by atoms with Crippen molar-refractivity contribution >= 4 is 40.9 Å². The second-order valence-electron chi connectivity index (χ2n) is 6.18. The van der Waals surface area contributed by atoms with E-state index >= 15 is 0 Å². The smallest absolute Gasteiger partial charge is 0.323 e. The molecule has 1 saturated heterocycles. The number of carbonyl (C=O) groups is 2. The highest BCUT2D eigenvalue weighted by atomic mass is 35.5. The molecular formula is C18H12ClF3N2O2S. The fraction of sp³-hybridized carbons (Fsp3) is 0.222. The Bertz CT molecular complexity index is 950. The lowest BCUT2D eigenvalue weighted by Gasteiger charge is -2.23. The molecule has 0 aromatic heterocycles. The van der Waals surface area contributed by atoms with Crippen LogP contribution in [0.4, 0.5) is 18.9 Å². The molecule has 0 aliphatic carbocycles. The van der Waals surface area contributed by atoms with Gasteiger partial charge in [-0.2, -0.15) is 13.2 Å². The van der Waals surface area contributed by atoms with E-state index in [2.05, 4.69) is 5.32 Å². The van der Waals surface area contributed by atoms with Crippen LogP contribution in [-0.4, -0.2) is 28.5 Å². The first-order valence-electron chi connectivity index (χ1n) is 7.98. The van der Waals surface area contributed by atoms with Gasteiger partial charge >= 0.3 is 6.18 Å². The molecule has 2 aliphatic heterocycles. The second-order valence-corrected chi connectivity index (χ2v) is 7.70. The predicted octanol–water partition coefficient (Wildman–Crippen LogP) is 4.57. The first-order chi connectivity index (χ1) is 12.8. The average molecular weight is 413 g/mol. The molecule has 0 bridgehead atoms. The molecule has 2 aliphatic rings. The Hall–Kier alpha value is -2.19. The number of anilines is 1. The highest BCUT2D eigenvalue weighted by molar-refractivity contribution is 7.99. The van der Waals surface area contributed by atoms with E-state index in [0.29, 0.717) is 11.3 Å². The van der Waals surface area contributed by atoms with E-state index in [-0.39, 0.29) is 22.0 Å². The predicted molar refractivity (Wildman–Crippen MR) is 96.7 cm³/mol. The molecule has 0 spiro atoms. The number of rotatable bonds is 2. The van der Waals surface area contributed by atoms with Crippen LogP contribution < -0.4 is 5.32 Å². The fourth-order valence-corrected chi connectivity index (χ4v) is 4.89. The monoisotopic (exact) mass is 412 g/mol. The summed E-state index contributed by atoms with van der Waals surface area (Å²) in [6, 6.07) is 9.06. The van der Waals surface area contributed by atoms with E-state index in [9.17, 15) is 22.8 Å². The van der Waals surface area contributed by atoms with Crippen molar-refractivity contribution in [2.45, 2.75) is 17.6 Å². The van der Waals surface area contributed by atoms with Crippen LogP contribution in [0.5, 0.6) is 0 Å². The molecule has 0 radical (unpaired) electrons. The standard InChI is InChI=1S/C18H12ClF3N2O2S/c19-12-6-5-9(18(20,21)22)7-13(12)23-15(25)14-8-27-17-11-4-2-1-3-10(11)16(26)24(14)17/h1-7,14,17H,8H2,(H,23,25)/t14-,17?/m0/s1. The van der Waals surface area contributed by atoms with Crippen LogP contribution in [0.2, 0.25) is 5.02 Å². The summed E-state index contributed by atoms with van der Waals surface area (Å²) >= 11 is 7.39. The second kappa shape index (κ2) is 6.45. The molecule has 2 heterocycles. The zero-order valence-electron chi connectivity index (χ0n) is 13.6. The molecule has 0 saturated carbocycles. The quantitative estimate of drug-likeness (QED) is 0.786. The number of nitrogens with zero attached hydrogens (tertiary/aromatic N) is 1. The Morgan fingerprint density at radius 2 is 1.96 bits per heavy atom. The van der Waals surface area contributed by atoms with Gasteiger partial charge in [0, 0.05) is 11.3 Å². The molecule has 1 N–H and O–H groups in total. The summed E-state index contributed by atoms with van der Waals surface area (Å²) in [5.74, 6) is -0.462. The summed E-state index contributed by atoms with van der Waals surface area (Å²) < 4.78 is 38.7. The summed E-state index contributed by atoms with van der Waals surface area (Å²) in [5.41, 5.74) is 0.351. The normalized spacial score (nSPS) is 21.2. The number of hydrogen-bond donors (Lipinski definition) is 1. The number of benzene rings is 2. The highest BCUT2D eigenvalue weighted by Gasteiger charge is 2.48. The molecular weight excluding hydrogens is 401 g/mol. The maximum absolute atomic E-state index is 12.9. The van der Waals surface area contributed by atoms with Gasteiger partial charge in [0.05, 0.1) is 16.3 Å². The minimum atomic E-state index is -4.55. The lowest BCUT2D eigenvalue weighted by atomic mass is 10.1. The van der Waals surface area contributed by atoms with Crippen molar-refractivity contribution in [2.24, 2.45) is 0 Å². The van der Waals surface area contributed by atoms with Crippen LogP contribution in [0.3, 0.4) is 0 Å². The molecule has 2 atom stereocenters. The van der Waals surface area contributed by atoms with E-state index in [1.54, 1.807) is 12.1 Å². The van der Waals surface area contributed by atoms with Gasteiger partial charge in [-0.25, -0.2) is 0 Å². The Kier molecular flexibility index (Phi) is 4.35. The van der Waals surface area contributed by atoms with E-state index in [0.717, 1.165) is 23.8 Å². The zero-order chi connectivity index (χ0) is 19.3. The lowest BCUT2D eigenvalue weighted by Crippen LogP contribution is -2.42. The summed E-state index contributed by atoms with van der Waals surface area (Å²) in [6.07, 6.45) is -4.55. The number of hydrogen-bond acceptors (Lipinski definition) is 3. The number of carbonyl (C=O) groups excluding carboxylic acids is 2. The van der Waals surface area contributed by atoms with Gasteiger partial charge in [-0.05, 0) is 29.8 Å². The highest BCUT2D eigenvalue weighted by Crippen LogP contribution is 2.48. The van der Waals surface area contributed by atoms with Gasteiger partial charge in [-0.1, -0.05) is 29.8 Å². The van der Waals surface area contributed by atoms with Crippen molar-refractivity contribution in [3.05, 3.63) is 64.2 Å². The first-order valence-corrected chi connectivity index (χ1v) is 9.41. The van der Waals surface area contributed by atoms with Crippen LogP contribution in [0.1, 0.15) is 26.9 Å². The Balaban J connectivity index is 1.58. The number of fused-ring (bicyclic) bond motifs is 3. The fourth-order valence-electron chi connectivity index (χ4n) is 3.26. The minimum absolute atomic E-state index is 0.00501. The van der Waals surface area contributed by atoms with Crippen molar-refractivity contribution in [1.29, 1.82) is 0 Å². The van der Waals surface area contributed by atoms with Crippen molar-refractivity contribution < 1.29 is 22.8 Å².